The summed E-state index contributed by atoms with van der Waals surface area (Å²) in [5.74, 6) is 4.39. The predicted molar refractivity (Wildman–Crippen MR) is 56.8 cm³/mol. The van der Waals surface area contributed by atoms with E-state index in [4.69, 9.17) is 5.11 Å². The second kappa shape index (κ2) is 5.17. The molecule has 0 aliphatic heterocycles. The van der Waals surface area contributed by atoms with Crippen molar-refractivity contribution in [2.45, 2.75) is 6.92 Å². The average Bonchev–Trinajstić information content (AvgIpc) is 2.60. The van der Waals surface area contributed by atoms with Gasteiger partial charge in [-0.1, -0.05) is 11.8 Å². The van der Waals surface area contributed by atoms with E-state index in [2.05, 4.69) is 17.2 Å². The first-order valence-electron chi connectivity index (χ1n) is 4.14. The third kappa shape index (κ3) is 3.83. The summed E-state index contributed by atoms with van der Waals surface area (Å²) < 4.78 is 0. The lowest BCUT2D eigenvalue weighted by atomic mass is 10.3. The van der Waals surface area contributed by atoms with Crippen molar-refractivity contribution in [3.63, 3.8) is 0 Å². The van der Waals surface area contributed by atoms with E-state index in [-0.39, 0.29) is 18.0 Å². The molecule has 1 aromatic rings. The lowest BCUT2D eigenvalue weighted by Crippen LogP contribution is -2.19. The quantitative estimate of drug-likeness (QED) is 0.733. The molecule has 1 amide bonds. The van der Waals surface area contributed by atoms with Crippen LogP contribution in [-0.4, -0.2) is 23.5 Å². The van der Waals surface area contributed by atoms with Crippen molar-refractivity contribution < 1.29 is 14.7 Å². The van der Waals surface area contributed by atoms with Gasteiger partial charge in [-0.3, -0.25) is 4.79 Å². The molecule has 0 bridgehead atoms. The minimum atomic E-state index is -0.957. The number of thiophene rings is 1. The van der Waals surface area contributed by atoms with Gasteiger partial charge in [0.05, 0.1) is 17.0 Å². The Kier molecular flexibility index (Phi) is 3.89. The van der Waals surface area contributed by atoms with E-state index in [9.17, 15) is 9.59 Å². The zero-order valence-electron chi connectivity index (χ0n) is 8.03. The zero-order valence-corrected chi connectivity index (χ0v) is 8.85. The molecule has 0 fully saturated rings. The van der Waals surface area contributed by atoms with Gasteiger partial charge in [-0.05, 0) is 6.07 Å². The first-order valence-corrected chi connectivity index (χ1v) is 5.02. The largest absolute Gasteiger partial charge is 0.478 e. The first kappa shape index (κ1) is 11.3. The summed E-state index contributed by atoms with van der Waals surface area (Å²) in [7, 11) is 0. The van der Waals surface area contributed by atoms with Crippen molar-refractivity contribution in [1.82, 2.24) is 5.32 Å². The van der Waals surface area contributed by atoms with Crippen LogP contribution in [0.2, 0.25) is 0 Å². The van der Waals surface area contributed by atoms with Gasteiger partial charge in [0.1, 0.15) is 0 Å². The van der Waals surface area contributed by atoms with Crippen LogP contribution in [0.25, 0.3) is 0 Å². The second-order valence-corrected chi connectivity index (χ2v) is 3.63. The Hall–Kier alpha value is -1.80. The van der Waals surface area contributed by atoms with E-state index >= 15 is 0 Å². The van der Waals surface area contributed by atoms with Gasteiger partial charge in [-0.25, -0.2) is 4.79 Å². The molecule has 15 heavy (non-hydrogen) atoms. The van der Waals surface area contributed by atoms with Crippen LogP contribution >= 0.6 is 11.3 Å². The smallest absolute Gasteiger partial charge is 0.336 e. The Bertz CT molecular complexity index is 439. The SMILES string of the molecule is CC(=O)NCC#Cc1cc(C(=O)O)cs1. The van der Waals surface area contributed by atoms with Gasteiger partial charge in [-0.2, -0.15) is 0 Å². The van der Waals surface area contributed by atoms with Crippen molar-refractivity contribution in [1.29, 1.82) is 0 Å². The van der Waals surface area contributed by atoms with E-state index in [1.807, 2.05) is 0 Å². The standard InChI is InChI=1S/C10H9NO3S/c1-7(12)11-4-2-3-9-5-8(6-15-9)10(13)14/h5-6H,4H2,1H3,(H,11,12)(H,13,14). The molecule has 0 atom stereocenters. The van der Waals surface area contributed by atoms with Gasteiger partial charge in [0.15, 0.2) is 0 Å². The molecule has 4 nitrogen and oxygen atoms in total. The number of amides is 1. The van der Waals surface area contributed by atoms with E-state index in [1.54, 1.807) is 0 Å². The number of carbonyl (C=O) groups excluding carboxylic acids is 1. The Morgan fingerprint density at radius 1 is 1.60 bits per heavy atom. The van der Waals surface area contributed by atoms with Crippen molar-refractivity contribution in [2.24, 2.45) is 0 Å². The predicted octanol–water partition coefficient (Wildman–Crippen LogP) is 0.934. The Morgan fingerprint density at radius 2 is 2.33 bits per heavy atom. The molecule has 0 aromatic carbocycles. The van der Waals surface area contributed by atoms with Crippen molar-refractivity contribution in [2.75, 3.05) is 6.54 Å². The highest BCUT2D eigenvalue weighted by Crippen LogP contribution is 2.12. The van der Waals surface area contributed by atoms with E-state index in [0.29, 0.717) is 4.88 Å². The van der Waals surface area contributed by atoms with Crippen molar-refractivity contribution in [3.05, 3.63) is 21.9 Å². The summed E-state index contributed by atoms with van der Waals surface area (Å²) in [6.07, 6.45) is 0. The molecule has 2 N–H and O–H groups in total. The van der Waals surface area contributed by atoms with E-state index < -0.39 is 5.97 Å². The number of carboxylic acid groups (broad SMARTS) is 1. The molecule has 0 spiro atoms. The molecule has 0 saturated carbocycles. The van der Waals surface area contributed by atoms with E-state index in [0.717, 1.165) is 0 Å². The number of nitrogens with one attached hydrogen (secondary N) is 1. The number of aromatic carboxylic acids is 1. The summed E-state index contributed by atoms with van der Waals surface area (Å²) in [6.45, 7) is 1.69. The minimum Gasteiger partial charge on any atom is -0.478 e. The molecule has 0 aliphatic carbocycles. The van der Waals surface area contributed by atoms with Crippen LogP contribution in [-0.2, 0) is 4.79 Å². The third-order valence-corrected chi connectivity index (χ3v) is 2.33. The molecular weight excluding hydrogens is 214 g/mol. The van der Waals surface area contributed by atoms with Gasteiger partial charge in [0.25, 0.3) is 0 Å². The molecule has 0 radical (unpaired) electrons. The first-order chi connectivity index (χ1) is 7.09. The molecular formula is C10H9NO3S. The highest BCUT2D eigenvalue weighted by molar-refractivity contribution is 7.10. The summed E-state index contributed by atoms with van der Waals surface area (Å²) >= 11 is 1.27. The molecule has 1 rings (SSSR count). The zero-order chi connectivity index (χ0) is 11.3. The van der Waals surface area contributed by atoms with Gasteiger partial charge in [0.2, 0.25) is 5.91 Å². The number of carboxylic acids is 1. The summed E-state index contributed by atoms with van der Waals surface area (Å²) in [5.41, 5.74) is 0.240. The molecule has 5 heteroatoms. The van der Waals surface area contributed by atoms with Crippen LogP contribution < -0.4 is 5.32 Å². The summed E-state index contributed by atoms with van der Waals surface area (Å²) in [6, 6.07) is 1.51. The molecule has 78 valence electrons. The molecule has 0 aliphatic rings. The van der Waals surface area contributed by atoms with Gasteiger partial charge in [0, 0.05) is 12.3 Å². The van der Waals surface area contributed by atoms with Crippen LogP contribution in [0.3, 0.4) is 0 Å². The van der Waals surface area contributed by atoms with Crippen LogP contribution in [0.5, 0.6) is 0 Å². The maximum Gasteiger partial charge on any atom is 0.336 e. The summed E-state index contributed by atoms with van der Waals surface area (Å²) in [4.78, 5) is 21.7. The Morgan fingerprint density at radius 3 is 2.87 bits per heavy atom. The van der Waals surface area contributed by atoms with Gasteiger partial charge < -0.3 is 10.4 Å². The lowest BCUT2D eigenvalue weighted by molar-refractivity contribution is -0.118. The normalized spacial score (nSPS) is 8.87. The third-order valence-electron chi connectivity index (χ3n) is 1.48. The minimum absolute atomic E-state index is 0.137. The van der Waals surface area contributed by atoms with E-state index in [1.165, 1.54) is 29.7 Å². The maximum absolute atomic E-state index is 10.5. The van der Waals surface area contributed by atoms with Gasteiger partial charge >= 0.3 is 5.97 Å². The van der Waals surface area contributed by atoms with Crippen LogP contribution in [0.1, 0.15) is 22.2 Å². The number of hydrogen-bond acceptors (Lipinski definition) is 3. The molecule has 0 saturated heterocycles. The average molecular weight is 223 g/mol. The Balaban J connectivity index is 2.56. The fourth-order valence-electron chi connectivity index (χ4n) is 0.814. The van der Waals surface area contributed by atoms with Crippen LogP contribution in [0.15, 0.2) is 11.4 Å². The van der Waals surface area contributed by atoms with Gasteiger partial charge in [-0.15, -0.1) is 11.3 Å². The summed E-state index contributed by atoms with van der Waals surface area (Å²) in [5, 5.41) is 12.7. The number of rotatable bonds is 2. The highest BCUT2D eigenvalue weighted by atomic mass is 32.1. The lowest BCUT2D eigenvalue weighted by Gasteiger charge is -1.90. The maximum atomic E-state index is 10.5. The van der Waals surface area contributed by atoms with Crippen LogP contribution in [0.4, 0.5) is 0 Å². The molecule has 1 heterocycles. The molecule has 1 aromatic heterocycles. The highest BCUT2D eigenvalue weighted by Gasteiger charge is 2.03. The number of hydrogen-bond donors (Lipinski definition) is 2. The number of carbonyl (C=O) groups is 2. The van der Waals surface area contributed by atoms with Crippen molar-refractivity contribution in [3.8, 4) is 11.8 Å². The van der Waals surface area contributed by atoms with Crippen LogP contribution in [0, 0.1) is 11.8 Å². The second-order valence-electron chi connectivity index (χ2n) is 2.72. The Labute approximate surface area is 90.9 Å². The van der Waals surface area contributed by atoms with Crippen molar-refractivity contribution >= 4 is 23.2 Å². The topological polar surface area (TPSA) is 66.4 Å². The molecule has 0 unspecified atom stereocenters. The monoisotopic (exact) mass is 223 g/mol. The fourth-order valence-corrected chi connectivity index (χ4v) is 1.56. The fraction of sp³-hybridized carbons (Fsp3) is 0.200.